The summed E-state index contributed by atoms with van der Waals surface area (Å²) in [6.45, 7) is 16.7. The molecule has 10 atom stereocenters. The maximum Gasteiger partial charge on any atom is 0.306 e. The molecular weight excluding hydrogens is 408 g/mol. The molecule has 3 nitrogen and oxygen atoms in total. The van der Waals surface area contributed by atoms with Gasteiger partial charge in [-0.2, -0.15) is 0 Å². The molecule has 0 aromatic rings. The summed E-state index contributed by atoms with van der Waals surface area (Å²) in [5, 5.41) is 9.92. The number of rotatable bonds is 2. The van der Waals surface area contributed by atoms with Crippen LogP contribution < -0.4 is 0 Å². The molecule has 5 rings (SSSR count). The van der Waals surface area contributed by atoms with Gasteiger partial charge in [0.1, 0.15) is 5.78 Å². The number of carboxylic acids is 1. The third kappa shape index (κ3) is 2.86. The molecule has 3 heteroatoms. The smallest absolute Gasteiger partial charge is 0.306 e. The van der Waals surface area contributed by atoms with Crippen LogP contribution in [0.15, 0.2) is 0 Å². The lowest BCUT2D eigenvalue weighted by atomic mass is 9.32. The summed E-state index contributed by atoms with van der Waals surface area (Å²) in [6, 6.07) is 0. The van der Waals surface area contributed by atoms with E-state index in [1.165, 1.54) is 44.9 Å². The van der Waals surface area contributed by atoms with Crippen molar-refractivity contribution in [3.63, 3.8) is 0 Å². The molecule has 0 heterocycles. The third-order valence-electron chi connectivity index (χ3n) is 13.7. The highest BCUT2D eigenvalue weighted by molar-refractivity contribution is 5.85. The van der Waals surface area contributed by atoms with Gasteiger partial charge >= 0.3 is 5.97 Å². The first-order valence-electron chi connectivity index (χ1n) is 14.0. The molecule has 0 aromatic heterocycles. The van der Waals surface area contributed by atoms with E-state index in [9.17, 15) is 14.7 Å². The minimum atomic E-state index is -0.599. The van der Waals surface area contributed by atoms with Crippen LogP contribution in [0.25, 0.3) is 0 Å². The largest absolute Gasteiger partial charge is 0.481 e. The van der Waals surface area contributed by atoms with Crippen molar-refractivity contribution < 1.29 is 14.7 Å². The van der Waals surface area contributed by atoms with Crippen molar-refractivity contribution in [2.75, 3.05) is 0 Å². The van der Waals surface area contributed by atoms with E-state index in [1.54, 1.807) is 0 Å². The number of aliphatic carboxylic acids is 1. The Bertz CT molecular complexity index is 861. The van der Waals surface area contributed by atoms with E-state index < -0.39 is 5.97 Å². The van der Waals surface area contributed by atoms with Gasteiger partial charge in [-0.25, -0.2) is 0 Å². The first kappa shape index (κ1) is 23.9. The monoisotopic (exact) mass is 456 g/mol. The van der Waals surface area contributed by atoms with Crippen LogP contribution in [0.5, 0.6) is 0 Å². The van der Waals surface area contributed by atoms with Gasteiger partial charge in [-0.1, -0.05) is 48.5 Å². The van der Waals surface area contributed by atoms with Gasteiger partial charge in [0.25, 0.3) is 0 Å². The molecule has 5 saturated carbocycles. The predicted octanol–water partition coefficient (Wildman–Crippen LogP) is 7.38. The summed E-state index contributed by atoms with van der Waals surface area (Å²) >= 11 is 0. The quantitative estimate of drug-likeness (QED) is 0.471. The SMILES string of the molecule is C[C@@H](C(=O)O)[C@@H]1CC[C@]2(C)CC[C@]3(C)[C@H](CC[C@@H]4[C@@]5(C)CCC(=O)C(C)(C)[C@H]5CC[C@]43C)[C@@H]12. The Hall–Kier alpha value is -0.860. The van der Waals surface area contributed by atoms with Crippen molar-refractivity contribution in [1.82, 2.24) is 0 Å². The second-order valence-electron chi connectivity index (χ2n) is 14.8. The Balaban J connectivity index is 1.54. The molecule has 0 aromatic carbocycles. The van der Waals surface area contributed by atoms with Gasteiger partial charge < -0.3 is 5.11 Å². The highest BCUT2D eigenvalue weighted by Gasteiger charge is 2.70. The average molecular weight is 457 g/mol. The summed E-state index contributed by atoms with van der Waals surface area (Å²) in [7, 11) is 0. The molecule has 5 aliphatic carbocycles. The number of carbonyl (C=O) groups is 2. The van der Waals surface area contributed by atoms with Crippen LogP contribution in [0.2, 0.25) is 0 Å². The average Bonchev–Trinajstić information content (AvgIpc) is 3.08. The van der Waals surface area contributed by atoms with Crippen molar-refractivity contribution in [1.29, 1.82) is 0 Å². The number of carboxylic acid groups (broad SMARTS) is 1. The molecule has 1 N–H and O–H groups in total. The van der Waals surface area contributed by atoms with Gasteiger partial charge in [0.2, 0.25) is 0 Å². The van der Waals surface area contributed by atoms with Gasteiger partial charge in [-0.15, -0.1) is 0 Å². The predicted molar refractivity (Wildman–Crippen MR) is 132 cm³/mol. The lowest BCUT2D eigenvalue weighted by Gasteiger charge is -2.72. The fourth-order valence-corrected chi connectivity index (χ4v) is 11.5. The first-order valence-corrected chi connectivity index (χ1v) is 14.0. The Morgan fingerprint density at radius 3 is 2.21 bits per heavy atom. The number of fused-ring (bicyclic) bond motifs is 7. The van der Waals surface area contributed by atoms with Crippen LogP contribution in [0, 0.1) is 62.6 Å². The zero-order chi connectivity index (χ0) is 24.2. The van der Waals surface area contributed by atoms with Gasteiger partial charge in [0.15, 0.2) is 0 Å². The van der Waals surface area contributed by atoms with Gasteiger partial charge in [0, 0.05) is 11.8 Å². The van der Waals surface area contributed by atoms with Crippen LogP contribution in [0.1, 0.15) is 113 Å². The minimum absolute atomic E-state index is 0.190. The van der Waals surface area contributed by atoms with Crippen molar-refractivity contribution in [3.05, 3.63) is 0 Å². The highest BCUT2D eigenvalue weighted by atomic mass is 16.4. The summed E-state index contributed by atoms with van der Waals surface area (Å²) < 4.78 is 0. The standard InChI is InChI=1S/C30H48O3/c1-18(25(32)33)19-10-13-27(4)16-17-29(6)20(24(19)27)8-9-22-28(5)14-12-23(31)26(2,3)21(28)11-15-30(22,29)7/h18-22,24H,8-17H2,1-7H3,(H,32,33)/t18-,19+,20-,21-,22-,24-,27-,28+,29-,30-/m1/s1. The molecule has 5 aliphatic rings. The summed E-state index contributed by atoms with van der Waals surface area (Å²) in [5.74, 6) is 2.36. The van der Waals surface area contributed by atoms with E-state index in [2.05, 4.69) is 41.5 Å². The zero-order valence-electron chi connectivity index (χ0n) is 22.3. The van der Waals surface area contributed by atoms with E-state index >= 15 is 0 Å². The molecule has 5 fully saturated rings. The van der Waals surface area contributed by atoms with Gasteiger partial charge in [-0.05, 0) is 109 Å². The summed E-state index contributed by atoms with van der Waals surface area (Å²) in [5.41, 5.74) is 0.953. The van der Waals surface area contributed by atoms with E-state index in [4.69, 9.17) is 0 Å². The Morgan fingerprint density at radius 2 is 1.55 bits per heavy atom. The van der Waals surface area contributed by atoms with Crippen LogP contribution in [-0.4, -0.2) is 16.9 Å². The molecule has 186 valence electrons. The number of carbonyl (C=O) groups excluding carboxylic acids is 1. The van der Waals surface area contributed by atoms with Crippen LogP contribution in [0.3, 0.4) is 0 Å². The Morgan fingerprint density at radius 1 is 0.848 bits per heavy atom. The summed E-state index contributed by atoms with van der Waals surface area (Å²) in [6.07, 6.45) is 11.7. The summed E-state index contributed by atoms with van der Waals surface area (Å²) in [4.78, 5) is 25.0. The number of Topliss-reactive ketones (excluding diaryl/α,β-unsaturated/α-hetero) is 1. The molecule has 0 radical (unpaired) electrons. The Labute approximate surface area is 201 Å². The molecule has 0 aliphatic heterocycles. The fourth-order valence-electron chi connectivity index (χ4n) is 11.5. The molecule has 0 spiro atoms. The molecule has 0 saturated heterocycles. The normalized spacial score (nSPS) is 53.9. The maximum absolute atomic E-state index is 12.9. The van der Waals surface area contributed by atoms with E-state index in [0.717, 1.165) is 19.3 Å². The Kier molecular flexibility index (Phi) is 5.13. The van der Waals surface area contributed by atoms with Crippen molar-refractivity contribution in [2.24, 2.45) is 62.6 Å². The van der Waals surface area contributed by atoms with Crippen molar-refractivity contribution in [3.8, 4) is 0 Å². The second kappa shape index (κ2) is 7.10. The number of hydrogen-bond acceptors (Lipinski definition) is 2. The topological polar surface area (TPSA) is 54.4 Å². The molecule has 0 bridgehead atoms. The molecule has 0 unspecified atom stereocenters. The third-order valence-corrected chi connectivity index (χ3v) is 13.7. The van der Waals surface area contributed by atoms with Gasteiger partial charge in [-0.3, -0.25) is 9.59 Å². The lowest BCUT2D eigenvalue weighted by molar-refractivity contribution is -0.234. The maximum atomic E-state index is 12.9. The van der Waals surface area contributed by atoms with Crippen LogP contribution >= 0.6 is 0 Å². The minimum Gasteiger partial charge on any atom is -0.481 e. The molecular formula is C30H48O3. The second-order valence-corrected chi connectivity index (χ2v) is 14.8. The van der Waals surface area contributed by atoms with Crippen LogP contribution in [0.4, 0.5) is 0 Å². The highest BCUT2D eigenvalue weighted by Crippen LogP contribution is 2.77. The van der Waals surface area contributed by atoms with Gasteiger partial charge in [0.05, 0.1) is 5.92 Å². The lowest BCUT2D eigenvalue weighted by Crippen LogP contribution is -2.66. The fraction of sp³-hybridized carbons (Fsp3) is 0.933. The zero-order valence-corrected chi connectivity index (χ0v) is 22.3. The van der Waals surface area contributed by atoms with Crippen molar-refractivity contribution in [2.45, 2.75) is 113 Å². The molecule has 33 heavy (non-hydrogen) atoms. The number of hydrogen-bond donors (Lipinski definition) is 1. The van der Waals surface area contributed by atoms with E-state index in [1.807, 2.05) is 6.92 Å². The first-order chi connectivity index (χ1) is 15.2. The van der Waals surface area contributed by atoms with E-state index in [-0.39, 0.29) is 22.2 Å². The molecule has 0 amide bonds. The van der Waals surface area contributed by atoms with E-state index in [0.29, 0.717) is 46.2 Å². The number of ketones is 1. The van der Waals surface area contributed by atoms with Crippen LogP contribution in [-0.2, 0) is 9.59 Å². The van der Waals surface area contributed by atoms with Crippen molar-refractivity contribution >= 4 is 11.8 Å².